The van der Waals surface area contributed by atoms with Gasteiger partial charge in [0.25, 0.3) is 11.8 Å². The van der Waals surface area contributed by atoms with Crippen molar-refractivity contribution in [2.75, 3.05) is 13.2 Å². The highest BCUT2D eigenvalue weighted by atomic mass is 35.5. The van der Waals surface area contributed by atoms with E-state index >= 15 is 0 Å². The summed E-state index contributed by atoms with van der Waals surface area (Å²) in [6, 6.07) is 12.6. The van der Waals surface area contributed by atoms with Crippen LogP contribution in [-0.4, -0.2) is 43.3 Å². The van der Waals surface area contributed by atoms with Gasteiger partial charge in [-0.3, -0.25) is 9.59 Å². The van der Waals surface area contributed by atoms with E-state index in [1.807, 2.05) is 13.8 Å². The minimum absolute atomic E-state index is 0.173. The van der Waals surface area contributed by atoms with Crippen LogP contribution < -0.4 is 15.5 Å². The summed E-state index contributed by atoms with van der Waals surface area (Å²) >= 11 is 6.06. The highest BCUT2D eigenvalue weighted by Gasteiger charge is 2.25. The van der Waals surface area contributed by atoms with Crippen LogP contribution in [0.2, 0.25) is 5.02 Å². The summed E-state index contributed by atoms with van der Waals surface area (Å²) in [5, 5.41) is 6.96. The first-order chi connectivity index (χ1) is 15.3. The number of hydrazone groups is 1. The van der Waals surface area contributed by atoms with Gasteiger partial charge in [-0.05, 0) is 54.8 Å². The number of esters is 1. The SMILES string of the molecule is CCOC(=O)COc1ccc(/C=N/NC(=O)C(NC(=O)c2ccccc2Cl)C(C)C)cc1. The zero-order valence-electron chi connectivity index (χ0n) is 18.1. The monoisotopic (exact) mass is 459 g/mol. The molecule has 2 aromatic carbocycles. The summed E-state index contributed by atoms with van der Waals surface area (Å²) in [7, 11) is 0. The molecule has 2 amide bonds. The molecule has 32 heavy (non-hydrogen) atoms. The number of halogens is 1. The molecule has 9 heteroatoms. The molecule has 0 saturated carbocycles. The first-order valence-corrected chi connectivity index (χ1v) is 10.5. The second-order valence-corrected chi connectivity index (χ2v) is 7.48. The molecule has 1 atom stereocenters. The second-order valence-electron chi connectivity index (χ2n) is 7.07. The summed E-state index contributed by atoms with van der Waals surface area (Å²) in [5.74, 6) is -1.01. The summed E-state index contributed by atoms with van der Waals surface area (Å²) < 4.78 is 10.1. The van der Waals surface area contributed by atoms with E-state index in [1.165, 1.54) is 6.21 Å². The van der Waals surface area contributed by atoms with Crippen molar-refractivity contribution in [3.8, 4) is 5.75 Å². The molecule has 2 rings (SSSR count). The Morgan fingerprint density at radius 3 is 2.41 bits per heavy atom. The van der Waals surface area contributed by atoms with E-state index in [2.05, 4.69) is 15.8 Å². The van der Waals surface area contributed by atoms with E-state index in [4.69, 9.17) is 21.1 Å². The first-order valence-electron chi connectivity index (χ1n) is 10.1. The number of hydrogen-bond acceptors (Lipinski definition) is 6. The van der Waals surface area contributed by atoms with Crippen LogP contribution in [0.5, 0.6) is 5.75 Å². The predicted molar refractivity (Wildman–Crippen MR) is 122 cm³/mol. The standard InChI is InChI=1S/C23H26ClN3O5/c1-4-31-20(28)14-32-17-11-9-16(10-12-17)13-25-27-23(30)21(15(2)3)26-22(29)18-7-5-6-8-19(18)24/h5-13,15,21H,4,14H2,1-3H3,(H,26,29)(H,27,30)/b25-13+. The molecule has 8 nitrogen and oxygen atoms in total. The highest BCUT2D eigenvalue weighted by Crippen LogP contribution is 2.15. The van der Waals surface area contributed by atoms with Gasteiger partial charge in [-0.2, -0.15) is 5.10 Å². The zero-order valence-corrected chi connectivity index (χ0v) is 18.9. The van der Waals surface area contributed by atoms with Gasteiger partial charge in [0, 0.05) is 0 Å². The lowest BCUT2D eigenvalue weighted by molar-refractivity contribution is -0.145. The van der Waals surface area contributed by atoms with E-state index in [0.29, 0.717) is 28.5 Å². The number of hydrogen-bond donors (Lipinski definition) is 2. The normalized spacial score (nSPS) is 11.8. The van der Waals surface area contributed by atoms with Crippen LogP contribution in [0, 0.1) is 5.92 Å². The number of carbonyl (C=O) groups is 3. The molecule has 2 aromatic rings. The summed E-state index contributed by atoms with van der Waals surface area (Å²) in [6.07, 6.45) is 1.46. The van der Waals surface area contributed by atoms with Gasteiger partial charge in [0.15, 0.2) is 6.61 Å². The minimum atomic E-state index is -0.797. The lowest BCUT2D eigenvalue weighted by Crippen LogP contribution is -2.48. The molecular weight excluding hydrogens is 434 g/mol. The van der Waals surface area contributed by atoms with Gasteiger partial charge >= 0.3 is 5.97 Å². The van der Waals surface area contributed by atoms with Gasteiger partial charge in [-0.15, -0.1) is 0 Å². The molecule has 0 heterocycles. The fraction of sp³-hybridized carbons (Fsp3) is 0.304. The minimum Gasteiger partial charge on any atom is -0.482 e. The maximum atomic E-state index is 12.5. The fourth-order valence-electron chi connectivity index (χ4n) is 2.63. The molecular formula is C23H26ClN3O5. The Balaban J connectivity index is 1.91. The zero-order chi connectivity index (χ0) is 23.5. The van der Waals surface area contributed by atoms with E-state index in [-0.39, 0.29) is 12.5 Å². The van der Waals surface area contributed by atoms with Gasteiger partial charge in [0.2, 0.25) is 0 Å². The van der Waals surface area contributed by atoms with E-state index in [1.54, 1.807) is 55.5 Å². The van der Waals surface area contributed by atoms with Crippen molar-refractivity contribution in [2.24, 2.45) is 11.0 Å². The van der Waals surface area contributed by atoms with Crippen LogP contribution in [0.3, 0.4) is 0 Å². The predicted octanol–water partition coefficient (Wildman–Crippen LogP) is 3.19. The van der Waals surface area contributed by atoms with Crippen LogP contribution >= 0.6 is 11.6 Å². The quantitative estimate of drug-likeness (QED) is 0.322. The molecule has 2 N–H and O–H groups in total. The maximum Gasteiger partial charge on any atom is 0.344 e. The van der Waals surface area contributed by atoms with Crippen LogP contribution in [0.1, 0.15) is 36.7 Å². The van der Waals surface area contributed by atoms with Gasteiger partial charge in [0.1, 0.15) is 11.8 Å². The van der Waals surface area contributed by atoms with E-state index < -0.39 is 23.8 Å². The molecule has 0 spiro atoms. The van der Waals surface area contributed by atoms with E-state index in [9.17, 15) is 14.4 Å². The van der Waals surface area contributed by atoms with Gasteiger partial charge < -0.3 is 14.8 Å². The Kier molecular flexibility index (Phi) is 9.69. The van der Waals surface area contributed by atoms with Crippen molar-refractivity contribution in [3.63, 3.8) is 0 Å². The molecule has 0 aliphatic carbocycles. The molecule has 0 aromatic heterocycles. The smallest absolute Gasteiger partial charge is 0.344 e. The summed E-state index contributed by atoms with van der Waals surface area (Å²) in [4.78, 5) is 36.3. The van der Waals surface area contributed by atoms with Gasteiger partial charge in [-0.1, -0.05) is 37.6 Å². The lowest BCUT2D eigenvalue weighted by atomic mass is 10.0. The van der Waals surface area contributed by atoms with Crippen LogP contribution in [0.4, 0.5) is 0 Å². The Labute approximate surface area is 191 Å². The molecule has 0 bridgehead atoms. The second kappa shape index (κ2) is 12.5. The average molecular weight is 460 g/mol. The highest BCUT2D eigenvalue weighted by molar-refractivity contribution is 6.33. The number of amides is 2. The molecule has 0 radical (unpaired) electrons. The van der Waals surface area contributed by atoms with Crippen LogP contribution in [0.25, 0.3) is 0 Å². The Morgan fingerprint density at radius 2 is 1.78 bits per heavy atom. The van der Waals surface area contributed by atoms with Crippen molar-refractivity contribution >= 4 is 35.6 Å². The number of rotatable bonds is 10. The van der Waals surface area contributed by atoms with Gasteiger partial charge in [-0.25, -0.2) is 10.2 Å². The maximum absolute atomic E-state index is 12.5. The number of nitrogens with one attached hydrogen (secondary N) is 2. The fourth-order valence-corrected chi connectivity index (χ4v) is 2.86. The third-order valence-electron chi connectivity index (χ3n) is 4.28. The topological polar surface area (TPSA) is 106 Å². The molecule has 0 aliphatic heterocycles. The average Bonchev–Trinajstić information content (AvgIpc) is 2.77. The molecule has 0 saturated heterocycles. The third-order valence-corrected chi connectivity index (χ3v) is 4.61. The lowest BCUT2D eigenvalue weighted by Gasteiger charge is -2.20. The van der Waals surface area contributed by atoms with Crippen molar-refractivity contribution in [1.29, 1.82) is 0 Å². The Morgan fingerprint density at radius 1 is 1.09 bits per heavy atom. The number of nitrogens with zero attached hydrogens (tertiary/aromatic N) is 1. The summed E-state index contributed by atoms with van der Waals surface area (Å²) in [5.41, 5.74) is 3.44. The molecule has 170 valence electrons. The molecule has 1 unspecified atom stereocenters. The van der Waals surface area contributed by atoms with Crippen molar-refractivity contribution < 1.29 is 23.9 Å². The molecule has 0 aliphatic rings. The van der Waals surface area contributed by atoms with E-state index in [0.717, 1.165) is 0 Å². The number of ether oxygens (including phenoxy) is 2. The Bertz CT molecular complexity index is 960. The van der Waals surface area contributed by atoms with Crippen molar-refractivity contribution in [3.05, 3.63) is 64.7 Å². The van der Waals surface area contributed by atoms with Crippen LogP contribution in [0.15, 0.2) is 53.6 Å². The van der Waals surface area contributed by atoms with Crippen molar-refractivity contribution in [1.82, 2.24) is 10.7 Å². The largest absolute Gasteiger partial charge is 0.482 e. The van der Waals surface area contributed by atoms with Gasteiger partial charge in [0.05, 0.1) is 23.4 Å². The first kappa shape index (κ1) is 24.9. The van der Waals surface area contributed by atoms with Crippen LogP contribution in [-0.2, 0) is 14.3 Å². The molecule has 0 fully saturated rings. The number of carbonyl (C=O) groups excluding carboxylic acids is 3. The van der Waals surface area contributed by atoms with Crippen molar-refractivity contribution in [2.45, 2.75) is 26.8 Å². The summed E-state index contributed by atoms with van der Waals surface area (Å²) in [6.45, 7) is 5.48. The number of benzene rings is 2. The third kappa shape index (κ3) is 7.70. The Hall–Kier alpha value is -3.39.